The maximum Gasteiger partial charge on any atom is 0.423 e. The van der Waals surface area contributed by atoms with E-state index in [1.54, 1.807) is 0 Å². The van der Waals surface area contributed by atoms with Crippen LogP contribution in [0.3, 0.4) is 0 Å². The Labute approximate surface area is 98.1 Å². The average molecular weight is 276 g/mol. The first-order valence-corrected chi connectivity index (χ1v) is 4.68. The molecular formula is C9H10F6N2O. The molecule has 0 radical (unpaired) electrons. The highest BCUT2D eigenvalue weighted by molar-refractivity contribution is 5.22. The van der Waals surface area contributed by atoms with Crippen molar-refractivity contribution in [1.29, 1.82) is 0 Å². The lowest BCUT2D eigenvalue weighted by Crippen LogP contribution is -2.54. The van der Waals surface area contributed by atoms with E-state index in [0.29, 0.717) is 0 Å². The maximum absolute atomic E-state index is 12.3. The van der Waals surface area contributed by atoms with Crippen LogP contribution in [-0.2, 0) is 4.74 Å². The van der Waals surface area contributed by atoms with Crippen molar-refractivity contribution in [2.45, 2.75) is 30.6 Å². The number of ether oxygens (including phenoxy) is 1. The normalized spacial score (nSPS) is 25.4. The van der Waals surface area contributed by atoms with Crippen molar-refractivity contribution < 1.29 is 31.1 Å². The van der Waals surface area contributed by atoms with Crippen molar-refractivity contribution in [3.63, 3.8) is 0 Å². The lowest BCUT2D eigenvalue weighted by atomic mass is 10.0. The SMILES string of the molecule is NC1=CC=CC(N)(OC(C(F)(F)F)C(F)(F)F)C1. The summed E-state index contributed by atoms with van der Waals surface area (Å²) in [5.41, 5.74) is 8.41. The second-order valence-corrected chi connectivity index (χ2v) is 3.81. The van der Waals surface area contributed by atoms with Crippen LogP contribution in [0.5, 0.6) is 0 Å². The van der Waals surface area contributed by atoms with Crippen molar-refractivity contribution in [3.05, 3.63) is 23.9 Å². The van der Waals surface area contributed by atoms with Gasteiger partial charge in [-0.05, 0) is 12.2 Å². The summed E-state index contributed by atoms with van der Waals surface area (Å²) >= 11 is 0. The van der Waals surface area contributed by atoms with Crippen LogP contribution in [0, 0.1) is 0 Å². The van der Waals surface area contributed by atoms with Gasteiger partial charge in [0, 0.05) is 12.1 Å². The van der Waals surface area contributed by atoms with Gasteiger partial charge >= 0.3 is 12.4 Å². The molecule has 0 fully saturated rings. The van der Waals surface area contributed by atoms with E-state index in [4.69, 9.17) is 11.5 Å². The summed E-state index contributed by atoms with van der Waals surface area (Å²) in [7, 11) is 0. The molecule has 18 heavy (non-hydrogen) atoms. The fourth-order valence-electron chi connectivity index (χ4n) is 1.39. The Morgan fingerprint density at radius 1 is 1.17 bits per heavy atom. The number of rotatable bonds is 2. The first-order valence-electron chi connectivity index (χ1n) is 4.68. The summed E-state index contributed by atoms with van der Waals surface area (Å²) in [5, 5.41) is 0. The molecule has 1 atom stereocenters. The summed E-state index contributed by atoms with van der Waals surface area (Å²) in [6.07, 6.45) is -12.3. The Hall–Kier alpha value is -1.22. The molecule has 104 valence electrons. The van der Waals surface area contributed by atoms with Gasteiger partial charge in [0.1, 0.15) is 5.72 Å². The van der Waals surface area contributed by atoms with E-state index in [1.165, 1.54) is 6.08 Å². The van der Waals surface area contributed by atoms with Crippen molar-refractivity contribution in [1.82, 2.24) is 0 Å². The third-order valence-corrected chi connectivity index (χ3v) is 2.10. The molecule has 0 aliphatic heterocycles. The van der Waals surface area contributed by atoms with Gasteiger partial charge in [-0.15, -0.1) is 0 Å². The van der Waals surface area contributed by atoms with E-state index in [-0.39, 0.29) is 5.70 Å². The van der Waals surface area contributed by atoms with E-state index in [2.05, 4.69) is 4.74 Å². The summed E-state index contributed by atoms with van der Waals surface area (Å²) in [4.78, 5) is 0. The predicted octanol–water partition coefficient (Wildman–Crippen LogP) is 1.95. The van der Waals surface area contributed by atoms with Crippen LogP contribution in [0.15, 0.2) is 23.9 Å². The minimum atomic E-state index is -5.60. The molecule has 1 aliphatic carbocycles. The molecule has 3 nitrogen and oxygen atoms in total. The minimum Gasteiger partial charge on any atom is -0.402 e. The van der Waals surface area contributed by atoms with Crippen LogP contribution in [0.1, 0.15) is 6.42 Å². The highest BCUT2D eigenvalue weighted by atomic mass is 19.4. The highest BCUT2D eigenvalue weighted by Crippen LogP contribution is 2.38. The van der Waals surface area contributed by atoms with Gasteiger partial charge in [0.05, 0.1) is 0 Å². The molecular weight excluding hydrogens is 266 g/mol. The molecule has 0 saturated carbocycles. The zero-order valence-electron chi connectivity index (χ0n) is 8.85. The van der Waals surface area contributed by atoms with Gasteiger partial charge in [-0.2, -0.15) is 26.3 Å². The van der Waals surface area contributed by atoms with E-state index in [9.17, 15) is 26.3 Å². The molecule has 0 heterocycles. The summed E-state index contributed by atoms with van der Waals surface area (Å²) < 4.78 is 77.6. The molecule has 4 N–H and O–H groups in total. The van der Waals surface area contributed by atoms with Crippen LogP contribution in [0.2, 0.25) is 0 Å². The molecule has 0 amide bonds. The van der Waals surface area contributed by atoms with Gasteiger partial charge in [0.2, 0.25) is 0 Å². The molecule has 0 aromatic carbocycles. The number of allylic oxidation sites excluding steroid dienone is 2. The second-order valence-electron chi connectivity index (χ2n) is 3.81. The van der Waals surface area contributed by atoms with Gasteiger partial charge in [0.25, 0.3) is 6.10 Å². The smallest absolute Gasteiger partial charge is 0.402 e. The molecule has 0 bridgehead atoms. The number of halogens is 6. The number of nitrogens with two attached hydrogens (primary N) is 2. The first-order chi connectivity index (χ1) is 7.94. The van der Waals surface area contributed by atoms with Crippen molar-refractivity contribution >= 4 is 0 Å². The third kappa shape index (κ3) is 3.64. The van der Waals surface area contributed by atoms with E-state index in [1.807, 2.05) is 0 Å². The van der Waals surface area contributed by atoms with Gasteiger partial charge in [0.15, 0.2) is 0 Å². The van der Waals surface area contributed by atoms with Crippen molar-refractivity contribution in [2.24, 2.45) is 11.5 Å². The van der Waals surface area contributed by atoms with Gasteiger partial charge < -0.3 is 10.5 Å². The number of hydrogen-bond donors (Lipinski definition) is 2. The Morgan fingerprint density at radius 3 is 2.06 bits per heavy atom. The van der Waals surface area contributed by atoms with E-state index < -0.39 is 30.6 Å². The Balaban J connectivity index is 2.92. The predicted molar refractivity (Wildman–Crippen MR) is 49.9 cm³/mol. The molecule has 9 heteroatoms. The largest absolute Gasteiger partial charge is 0.423 e. The molecule has 1 rings (SSSR count). The van der Waals surface area contributed by atoms with Crippen LogP contribution in [0.25, 0.3) is 0 Å². The molecule has 1 aliphatic rings. The minimum absolute atomic E-state index is 0.0306. The molecule has 1 unspecified atom stereocenters. The monoisotopic (exact) mass is 276 g/mol. The van der Waals surface area contributed by atoms with Crippen molar-refractivity contribution in [2.75, 3.05) is 0 Å². The molecule has 0 saturated heterocycles. The molecule has 0 aromatic heterocycles. The lowest BCUT2D eigenvalue weighted by molar-refractivity contribution is -0.339. The van der Waals surface area contributed by atoms with E-state index >= 15 is 0 Å². The summed E-state index contributed by atoms with van der Waals surface area (Å²) in [5.74, 6) is 0. The van der Waals surface area contributed by atoms with Crippen LogP contribution in [0.4, 0.5) is 26.3 Å². The van der Waals surface area contributed by atoms with Crippen LogP contribution < -0.4 is 11.5 Å². The fraction of sp³-hybridized carbons (Fsp3) is 0.556. The number of alkyl halides is 6. The van der Waals surface area contributed by atoms with E-state index in [0.717, 1.165) is 12.2 Å². The molecule has 0 spiro atoms. The first kappa shape index (κ1) is 14.8. The Kier molecular flexibility index (Phi) is 3.68. The van der Waals surface area contributed by atoms with Crippen LogP contribution >= 0.6 is 0 Å². The van der Waals surface area contributed by atoms with Crippen molar-refractivity contribution in [3.8, 4) is 0 Å². The molecule has 0 aromatic rings. The zero-order valence-corrected chi connectivity index (χ0v) is 8.85. The maximum atomic E-state index is 12.3. The average Bonchev–Trinajstić information content (AvgIpc) is 2.10. The number of hydrogen-bond acceptors (Lipinski definition) is 3. The standard InChI is InChI=1S/C9H10F6N2O/c10-8(11,12)6(9(13,14)15)18-7(17)3-1-2-5(16)4-7/h1-3,6H,4,16-17H2. The topological polar surface area (TPSA) is 61.3 Å². The Morgan fingerprint density at radius 2 is 1.67 bits per heavy atom. The van der Waals surface area contributed by atoms with Gasteiger partial charge in [-0.25, -0.2) is 0 Å². The highest BCUT2D eigenvalue weighted by Gasteiger charge is 2.60. The fourth-order valence-corrected chi connectivity index (χ4v) is 1.39. The second kappa shape index (κ2) is 4.47. The van der Waals surface area contributed by atoms with Crippen LogP contribution in [-0.4, -0.2) is 24.2 Å². The summed E-state index contributed by atoms with van der Waals surface area (Å²) in [6, 6.07) is 0. The third-order valence-electron chi connectivity index (χ3n) is 2.10. The van der Waals surface area contributed by atoms with Gasteiger partial charge in [-0.1, -0.05) is 6.08 Å². The quantitative estimate of drug-likeness (QED) is 0.598. The Bertz CT molecular complexity index is 358. The summed E-state index contributed by atoms with van der Waals surface area (Å²) in [6.45, 7) is 0. The zero-order chi connectivity index (χ0) is 14.2. The van der Waals surface area contributed by atoms with Gasteiger partial charge in [-0.3, -0.25) is 5.73 Å². The lowest BCUT2D eigenvalue weighted by Gasteiger charge is -2.34.